The number of fused-ring (bicyclic) bond motifs is 1. The number of unbranched alkanes of at least 4 members (excludes halogenated alkanes) is 8. The molecule has 1 aromatic carbocycles. The Morgan fingerprint density at radius 1 is 0.788 bits per heavy atom. The number of allylic oxidation sites excluding steroid dienone is 2. The van der Waals surface area contributed by atoms with Crippen LogP contribution >= 0.6 is 0 Å². The van der Waals surface area contributed by atoms with Crippen LogP contribution in [0.25, 0.3) is 0 Å². The van der Waals surface area contributed by atoms with Crippen molar-refractivity contribution in [1.29, 1.82) is 0 Å². The van der Waals surface area contributed by atoms with Gasteiger partial charge >= 0.3 is 0 Å². The Hall–Kier alpha value is -2.63. The molecule has 0 aromatic heterocycles. The summed E-state index contributed by atoms with van der Waals surface area (Å²) in [5, 5.41) is 4.40. The van der Waals surface area contributed by atoms with E-state index in [-0.39, 0.29) is 22.7 Å². The molecule has 0 unspecified atom stereocenters. The molecule has 0 aliphatic heterocycles. The van der Waals surface area contributed by atoms with Crippen LogP contribution in [0.5, 0.6) is 11.5 Å². The topological polar surface area (TPSA) is 74.2 Å². The van der Waals surface area contributed by atoms with Gasteiger partial charge in [0.2, 0.25) is 0 Å². The van der Waals surface area contributed by atoms with E-state index in [1.54, 1.807) is 6.07 Å². The summed E-state index contributed by atoms with van der Waals surface area (Å²) in [5.41, 5.74) is 1.82. The number of oxime groups is 1. The molecular formula is C27H39NO5. The average molecular weight is 458 g/mol. The van der Waals surface area contributed by atoms with Gasteiger partial charge in [-0.25, -0.2) is 0 Å². The minimum atomic E-state index is -0.279. The van der Waals surface area contributed by atoms with Gasteiger partial charge in [0.1, 0.15) is 18.1 Å². The fourth-order valence-electron chi connectivity index (χ4n) is 4.07. The third-order valence-electron chi connectivity index (χ3n) is 5.84. The van der Waals surface area contributed by atoms with Crippen molar-refractivity contribution in [2.45, 2.75) is 84.5 Å². The number of benzene rings is 1. The van der Waals surface area contributed by atoms with Crippen molar-refractivity contribution >= 4 is 17.3 Å². The lowest BCUT2D eigenvalue weighted by Gasteiger charge is -2.20. The molecule has 6 nitrogen and oxygen atoms in total. The fourth-order valence-corrected chi connectivity index (χ4v) is 4.07. The molecule has 0 atom stereocenters. The van der Waals surface area contributed by atoms with Crippen LogP contribution in [-0.4, -0.2) is 38.1 Å². The summed E-state index contributed by atoms with van der Waals surface area (Å²) in [5.74, 6) is 0.145. The standard InChI is InChI=1S/C27H39NO5/c1-5-7-8-9-10-11-12-13-14-15-21(28-33-18-6-2)20-19-24(31-3)25-22(29)16-17-23(30)26(25)27(20)32-4/h16-17,19H,5-15,18H2,1-4H3. The van der Waals surface area contributed by atoms with Crippen molar-refractivity contribution in [2.75, 3.05) is 20.8 Å². The Balaban J connectivity index is 2.20. The van der Waals surface area contributed by atoms with E-state index in [2.05, 4.69) is 12.1 Å². The van der Waals surface area contributed by atoms with Crippen molar-refractivity contribution in [3.63, 3.8) is 0 Å². The quantitative estimate of drug-likeness (QED) is 0.157. The molecule has 0 fully saturated rings. The molecule has 1 aliphatic carbocycles. The van der Waals surface area contributed by atoms with Crippen LogP contribution in [0.15, 0.2) is 23.4 Å². The van der Waals surface area contributed by atoms with Gasteiger partial charge in [0.15, 0.2) is 11.6 Å². The SMILES string of the molecule is CCCCCCCCCCCC(=NOCCC)c1cc(OC)c2c(c1OC)C(=O)C=CC2=O. The molecular weight excluding hydrogens is 418 g/mol. The Kier molecular flexibility index (Phi) is 11.7. The summed E-state index contributed by atoms with van der Waals surface area (Å²) in [4.78, 5) is 30.7. The number of carbonyl (C=O) groups is 2. The molecule has 182 valence electrons. The first-order chi connectivity index (χ1) is 16.1. The Bertz CT molecular complexity index is 857. The number of ketones is 2. The van der Waals surface area contributed by atoms with E-state index < -0.39 is 0 Å². The molecule has 0 amide bonds. The molecule has 0 N–H and O–H groups in total. The Morgan fingerprint density at radius 2 is 1.39 bits per heavy atom. The van der Waals surface area contributed by atoms with Crippen LogP contribution in [0.1, 0.15) is 111 Å². The zero-order valence-electron chi connectivity index (χ0n) is 20.7. The van der Waals surface area contributed by atoms with E-state index in [4.69, 9.17) is 14.3 Å². The molecule has 6 heteroatoms. The van der Waals surface area contributed by atoms with Crippen molar-refractivity contribution in [3.05, 3.63) is 34.9 Å². The second kappa shape index (κ2) is 14.5. The minimum Gasteiger partial charge on any atom is -0.496 e. The normalized spacial score (nSPS) is 13.3. The smallest absolute Gasteiger partial charge is 0.190 e. The highest BCUT2D eigenvalue weighted by atomic mass is 16.6. The van der Waals surface area contributed by atoms with Gasteiger partial charge in [0.25, 0.3) is 0 Å². The Labute approximate surface area is 198 Å². The van der Waals surface area contributed by atoms with Crippen LogP contribution in [0.2, 0.25) is 0 Å². The van der Waals surface area contributed by atoms with Gasteiger partial charge in [-0.2, -0.15) is 0 Å². The highest BCUT2D eigenvalue weighted by Crippen LogP contribution is 2.38. The van der Waals surface area contributed by atoms with E-state index in [1.165, 1.54) is 71.3 Å². The first kappa shape index (κ1) is 26.6. The van der Waals surface area contributed by atoms with E-state index in [0.29, 0.717) is 35.8 Å². The van der Waals surface area contributed by atoms with Crippen molar-refractivity contribution in [1.82, 2.24) is 0 Å². The second-order valence-electron chi connectivity index (χ2n) is 8.42. The molecule has 33 heavy (non-hydrogen) atoms. The number of rotatable bonds is 16. The summed E-state index contributed by atoms with van der Waals surface area (Å²) in [6.07, 6.45) is 15.1. The van der Waals surface area contributed by atoms with E-state index in [0.717, 1.165) is 19.3 Å². The molecule has 0 spiro atoms. The summed E-state index contributed by atoms with van der Waals surface area (Å²) in [6.45, 7) is 4.77. The van der Waals surface area contributed by atoms with Crippen LogP contribution in [0, 0.1) is 0 Å². The molecule has 0 radical (unpaired) electrons. The van der Waals surface area contributed by atoms with Crippen LogP contribution in [0.4, 0.5) is 0 Å². The summed E-state index contributed by atoms with van der Waals surface area (Å²) in [6, 6.07) is 1.74. The lowest BCUT2D eigenvalue weighted by Crippen LogP contribution is -2.18. The zero-order valence-corrected chi connectivity index (χ0v) is 20.7. The molecule has 1 aliphatic rings. The van der Waals surface area contributed by atoms with Crippen LogP contribution < -0.4 is 9.47 Å². The maximum atomic E-state index is 12.7. The summed E-state index contributed by atoms with van der Waals surface area (Å²) < 4.78 is 11.1. The van der Waals surface area contributed by atoms with Gasteiger partial charge in [-0.05, 0) is 37.5 Å². The number of nitrogens with zero attached hydrogens (tertiary/aromatic N) is 1. The minimum absolute atomic E-state index is 0.231. The second-order valence-corrected chi connectivity index (χ2v) is 8.42. The van der Waals surface area contributed by atoms with Gasteiger partial charge in [-0.1, -0.05) is 70.4 Å². The van der Waals surface area contributed by atoms with Crippen LogP contribution in [-0.2, 0) is 4.84 Å². The number of methoxy groups -OCH3 is 2. The number of hydrogen-bond acceptors (Lipinski definition) is 6. The maximum Gasteiger partial charge on any atom is 0.190 e. The van der Waals surface area contributed by atoms with Gasteiger partial charge in [-0.3, -0.25) is 9.59 Å². The zero-order chi connectivity index (χ0) is 24.1. The number of carbonyl (C=O) groups excluding carboxylic acids is 2. The molecule has 0 saturated heterocycles. The van der Waals surface area contributed by atoms with Gasteiger partial charge in [-0.15, -0.1) is 0 Å². The van der Waals surface area contributed by atoms with E-state index >= 15 is 0 Å². The summed E-state index contributed by atoms with van der Waals surface area (Å²) >= 11 is 0. The third kappa shape index (κ3) is 7.44. The molecule has 0 bridgehead atoms. The monoisotopic (exact) mass is 457 g/mol. The highest BCUT2D eigenvalue weighted by molar-refractivity contribution is 6.25. The summed E-state index contributed by atoms with van der Waals surface area (Å²) in [7, 11) is 3.00. The maximum absolute atomic E-state index is 12.7. The third-order valence-corrected chi connectivity index (χ3v) is 5.84. The van der Waals surface area contributed by atoms with Crippen molar-refractivity contribution < 1.29 is 23.9 Å². The predicted molar refractivity (Wildman–Crippen MR) is 132 cm³/mol. The molecule has 0 heterocycles. The highest BCUT2D eigenvalue weighted by Gasteiger charge is 2.31. The molecule has 1 aromatic rings. The Morgan fingerprint density at radius 3 is 1.97 bits per heavy atom. The predicted octanol–water partition coefficient (Wildman–Crippen LogP) is 6.69. The lowest BCUT2D eigenvalue weighted by atomic mass is 9.88. The van der Waals surface area contributed by atoms with Crippen LogP contribution in [0.3, 0.4) is 0 Å². The van der Waals surface area contributed by atoms with E-state index in [9.17, 15) is 9.59 Å². The number of ether oxygens (including phenoxy) is 2. The first-order valence-electron chi connectivity index (χ1n) is 12.3. The largest absolute Gasteiger partial charge is 0.496 e. The molecule has 2 rings (SSSR count). The fraction of sp³-hybridized carbons (Fsp3) is 0.593. The number of hydrogen-bond donors (Lipinski definition) is 0. The van der Waals surface area contributed by atoms with E-state index in [1.807, 2.05) is 6.92 Å². The van der Waals surface area contributed by atoms with Gasteiger partial charge in [0, 0.05) is 5.56 Å². The average Bonchev–Trinajstić information content (AvgIpc) is 2.83. The van der Waals surface area contributed by atoms with Gasteiger partial charge < -0.3 is 14.3 Å². The first-order valence-corrected chi connectivity index (χ1v) is 12.3. The van der Waals surface area contributed by atoms with Crippen molar-refractivity contribution in [3.8, 4) is 11.5 Å². The van der Waals surface area contributed by atoms with Gasteiger partial charge in [0.05, 0.1) is 31.1 Å². The molecule has 0 saturated carbocycles. The van der Waals surface area contributed by atoms with Crippen molar-refractivity contribution in [2.24, 2.45) is 5.16 Å². The lowest BCUT2D eigenvalue weighted by molar-refractivity contribution is 0.0989.